The largest absolute Gasteiger partial charge is 0.480 e. The van der Waals surface area contributed by atoms with Gasteiger partial charge in [0.15, 0.2) is 0 Å². The van der Waals surface area contributed by atoms with Gasteiger partial charge in [-0.15, -0.1) is 5.06 Å². The van der Waals surface area contributed by atoms with E-state index in [1.54, 1.807) is 44.9 Å². The molecule has 47 heavy (non-hydrogen) atoms. The van der Waals surface area contributed by atoms with Gasteiger partial charge in [0, 0.05) is 30.2 Å². The van der Waals surface area contributed by atoms with E-state index in [1.807, 2.05) is 6.07 Å². The van der Waals surface area contributed by atoms with Crippen molar-refractivity contribution in [1.82, 2.24) is 20.0 Å². The lowest BCUT2D eigenvalue weighted by molar-refractivity contribution is -0.201. The van der Waals surface area contributed by atoms with Gasteiger partial charge in [0.25, 0.3) is 10.0 Å². The number of hydrogen-bond donors (Lipinski definition) is 1. The molecule has 13 nitrogen and oxygen atoms in total. The lowest BCUT2D eigenvalue weighted by atomic mass is 9.98. The fourth-order valence-electron chi connectivity index (χ4n) is 4.79. The predicted octanol–water partition coefficient (Wildman–Crippen LogP) is 4.44. The zero-order valence-electron chi connectivity index (χ0n) is 26.6. The van der Waals surface area contributed by atoms with Crippen molar-refractivity contribution in [2.75, 3.05) is 49.5 Å². The van der Waals surface area contributed by atoms with E-state index in [9.17, 15) is 22.4 Å². The van der Waals surface area contributed by atoms with Gasteiger partial charge < -0.3 is 19.2 Å². The Morgan fingerprint density at radius 3 is 2.38 bits per heavy atom. The van der Waals surface area contributed by atoms with Crippen LogP contribution < -0.4 is 14.4 Å². The van der Waals surface area contributed by atoms with Crippen LogP contribution in [0.1, 0.15) is 38.1 Å². The van der Waals surface area contributed by atoms with E-state index < -0.39 is 27.2 Å². The first-order valence-electron chi connectivity index (χ1n) is 14.8. The van der Waals surface area contributed by atoms with E-state index in [0.717, 1.165) is 17.5 Å². The molecule has 0 amide bonds. The highest BCUT2D eigenvalue weighted by Crippen LogP contribution is 2.33. The number of nitrogens with one attached hydrogen (secondary N) is 1. The number of aromatic nitrogens is 3. The van der Waals surface area contributed by atoms with Crippen molar-refractivity contribution in [3.63, 3.8) is 0 Å². The first-order chi connectivity index (χ1) is 22.3. The fourth-order valence-corrected chi connectivity index (χ4v) is 6.01. The van der Waals surface area contributed by atoms with Gasteiger partial charge in [0.2, 0.25) is 5.88 Å². The number of benzene rings is 2. The molecule has 2 aromatic heterocycles. The van der Waals surface area contributed by atoms with Crippen LogP contribution in [0, 0.1) is 11.2 Å². The maximum absolute atomic E-state index is 14.9. The van der Waals surface area contributed by atoms with Crippen LogP contribution in [-0.2, 0) is 24.4 Å². The number of hydrogen-bond acceptors (Lipinski definition) is 12. The second-order valence-electron chi connectivity index (χ2n) is 11.7. The van der Waals surface area contributed by atoms with Gasteiger partial charge >= 0.3 is 11.9 Å². The fraction of sp³-hybridized carbons (Fsp3) is 0.344. The number of fused-ring (bicyclic) bond motifs is 1. The van der Waals surface area contributed by atoms with E-state index in [4.69, 9.17) is 14.3 Å². The number of methoxy groups -OCH3 is 1. The van der Waals surface area contributed by atoms with Crippen molar-refractivity contribution in [3.05, 3.63) is 66.4 Å². The number of nitrogens with zero attached hydrogens (tertiary/aromatic N) is 5. The highest BCUT2D eigenvalue weighted by atomic mass is 32.2. The summed E-state index contributed by atoms with van der Waals surface area (Å²) in [6, 6.07) is 10.1. The molecule has 0 unspecified atom stereocenters. The van der Waals surface area contributed by atoms with Gasteiger partial charge in [-0.05, 0) is 69.7 Å². The van der Waals surface area contributed by atoms with E-state index in [-0.39, 0.29) is 34.6 Å². The molecule has 1 N–H and O–H groups in total. The number of piperazine rings is 1. The lowest BCUT2D eigenvalue weighted by Gasteiger charge is -2.35. The minimum Gasteiger partial charge on any atom is -0.480 e. The third-order valence-electron chi connectivity index (χ3n) is 7.34. The summed E-state index contributed by atoms with van der Waals surface area (Å²) in [5.41, 5.74) is 0.709. The molecule has 2 aromatic carbocycles. The summed E-state index contributed by atoms with van der Waals surface area (Å²) in [5, 5.41) is 2.38. The number of rotatable bonds is 9. The first-order valence-corrected chi connectivity index (χ1v) is 16.3. The number of halogens is 1. The second-order valence-corrected chi connectivity index (χ2v) is 13.4. The molecule has 1 aliphatic heterocycles. The molecule has 0 saturated carbocycles. The number of hydroxylamine groups is 2. The maximum atomic E-state index is 14.9. The summed E-state index contributed by atoms with van der Waals surface area (Å²) in [6.07, 6.45) is 2.95. The summed E-state index contributed by atoms with van der Waals surface area (Å²) in [5.74, 6) is -1.51. The molecule has 5 rings (SSSR count). The Hall–Kier alpha value is -4.89. The molecule has 0 atom stereocenters. The number of anilines is 2. The molecular formula is C32H35FN6O7S. The Kier molecular flexibility index (Phi) is 9.58. The van der Waals surface area contributed by atoms with Crippen LogP contribution in [0.3, 0.4) is 0 Å². The summed E-state index contributed by atoms with van der Waals surface area (Å²) >= 11 is 0. The topological polar surface area (TPSA) is 153 Å². The van der Waals surface area contributed by atoms with Gasteiger partial charge in [-0.1, -0.05) is 6.07 Å². The highest BCUT2D eigenvalue weighted by Gasteiger charge is 2.29. The Morgan fingerprint density at radius 2 is 1.72 bits per heavy atom. The van der Waals surface area contributed by atoms with Crippen LogP contribution in [0.5, 0.6) is 5.88 Å². The van der Waals surface area contributed by atoms with Gasteiger partial charge in [-0.25, -0.2) is 37.3 Å². The number of sulfonamides is 1. The highest BCUT2D eigenvalue weighted by molar-refractivity contribution is 7.92. The van der Waals surface area contributed by atoms with Crippen molar-refractivity contribution in [2.24, 2.45) is 5.41 Å². The predicted molar refractivity (Wildman–Crippen MR) is 172 cm³/mol. The lowest BCUT2D eigenvalue weighted by Crippen LogP contribution is -2.48. The van der Waals surface area contributed by atoms with Crippen molar-refractivity contribution < 1.29 is 36.7 Å². The van der Waals surface area contributed by atoms with Crippen molar-refractivity contribution in [3.8, 4) is 17.0 Å². The average molecular weight is 667 g/mol. The molecule has 0 radical (unpaired) electrons. The number of esters is 1. The molecular weight excluding hydrogens is 631 g/mol. The maximum Gasteiger partial charge on any atom is 0.338 e. The SMILES string of the molecule is CCOC(=O)c1ccc(NS(=O)(=O)c2cc(-c3ccc4ncnc(N5CCN(OC(=O)C(C)(C)C)CC5)c4c3)cnc2OC)c(F)c1. The van der Waals surface area contributed by atoms with Crippen LogP contribution in [-0.4, -0.2) is 80.3 Å². The van der Waals surface area contributed by atoms with E-state index in [1.165, 1.54) is 31.8 Å². The summed E-state index contributed by atoms with van der Waals surface area (Å²) in [7, 11) is -3.13. The third kappa shape index (κ3) is 7.41. The number of pyridine rings is 1. The van der Waals surface area contributed by atoms with Gasteiger partial charge in [-0.3, -0.25) is 4.72 Å². The summed E-state index contributed by atoms with van der Waals surface area (Å²) in [6.45, 7) is 9.19. The standard InChI is InChI=1S/C32H35FN6O7S/c1-6-45-30(40)21-8-10-26(24(33)16-21)37-47(42,43)27-17-22(18-34-29(27)44-5)20-7-9-25-23(15-20)28(36-19-35-25)38-11-13-39(14-12-38)46-31(41)32(2,3)4/h7-10,15-19,37H,6,11-14H2,1-5H3. The summed E-state index contributed by atoms with van der Waals surface area (Å²) < 4.78 is 54.2. The Bertz CT molecular complexity index is 1930. The van der Waals surface area contributed by atoms with Crippen molar-refractivity contribution in [1.29, 1.82) is 0 Å². The molecule has 0 spiro atoms. The first kappa shape index (κ1) is 33.5. The molecule has 3 heterocycles. The Morgan fingerprint density at radius 1 is 0.979 bits per heavy atom. The van der Waals surface area contributed by atoms with Crippen LogP contribution in [0.4, 0.5) is 15.9 Å². The monoisotopic (exact) mass is 666 g/mol. The van der Waals surface area contributed by atoms with Crippen LogP contribution in [0.25, 0.3) is 22.0 Å². The van der Waals surface area contributed by atoms with Crippen molar-refractivity contribution in [2.45, 2.75) is 32.6 Å². The number of carbonyl (C=O) groups is 2. The number of carbonyl (C=O) groups excluding carboxylic acids is 2. The van der Waals surface area contributed by atoms with E-state index in [0.29, 0.717) is 48.6 Å². The van der Waals surface area contributed by atoms with Crippen LogP contribution in [0.2, 0.25) is 0 Å². The van der Waals surface area contributed by atoms with Gasteiger partial charge in [-0.2, -0.15) is 0 Å². The minimum atomic E-state index is -4.41. The molecule has 1 saturated heterocycles. The molecule has 0 bridgehead atoms. The zero-order chi connectivity index (χ0) is 33.9. The molecule has 15 heteroatoms. The molecule has 0 aliphatic carbocycles. The molecule has 248 valence electrons. The molecule has 1 aliphatic rings. The van der Waals surface area contributed by atoms with Gasteiger partial charge in [0.1, 0.15) is 22.9 Å². The van der Waals surface area contributed by atoms with Gasteiger partial charge in [0.05, 0.1) is 49.0 Å². The summed E-state index contributed by atoms with van der Waals surface area (Å²) in [4.78, 5) is 44.8. The number of ether oxygens (including phenoxy) is 2. The molecule has 4 aromatic rings. The third-order valence-corrected chi connectivity index (χ3v) is 8.70. The Balaban J connectivity index is 1.42. The minimum absolute atomic E-state index is 0.0564. The molecule has 1 fully saturated rings. The van der Waals surface area contributed by atoms with Crippen molar-refractivity contribution >= 4 is 44.4 Å². The smallest absolute Gasteiger partial charge is 0.338 e. The van der Waals surface area contributed by atoms with E-state index in [2.05, 4.69) is 24.6 Å². The van der Waals surface area contributed by atoms with Crippen LogP contribution >= 0.6 is 0 Å². The normalized spacial score (nSPS) is 14.1. The Labute approximate surface area is 271 Å². The van der Waals surface area contributed by atoms with E-state index >= 15 is 0 Å². The zero-order valence-corrected chi connectivity index (χ0v) is 27.4. The quantitative estimate of drug-likeness (QED) is 0.251. The average Bonchev–Trinajstić information content (AvgIpc) is 3.05. The second kappa shape index (κ2) is 13.5. The van der Waals surface area contributed by atoms with Crippen LogP contribution in [0.15, 0.2) is 59.9 Å².